The van der Waals surface area contributed by atoms with Gasteiger partial charge in [0.05, 0.1) is 16.8 Å². The van der Waals surface area contributed by atoms with Crippen molar-refractivity contribution in [1.29, 1.82) is 0 Å². The molecule has 0 saturated carbocycles. The van der Waals surface area contributed by atoms with Crippen molar-refractivity contribution in [3.05, 3.63) is 28.8 Å². The molecular weight excluding hydrogens is 246 g/mol. The van der Waals surface area contributed by atoms with Crippen LogP contribution in [0, 0.1) is 0 Å². The maximum Gasteiger partial charge on any atom is 0.0762 e. The zero-order chi connectivity index (χ0) is 13.3. The van der Waals surface area contributed by atoms with Crippen molar-refractivity contribution in [2.45, 2.75) is 58.2 Å². The first-order valence-corrected chi connectivity index (χ1v) is 7.18. The van der Waals surface area contributed by atoms with E-state index >= 15 is 0 Å². The van der Waals surface area contributed by atoms with E-state index in [9.17, 15) is 5.11 Å². The molecule has 1 aliphatic heterocycles. The summed E-state index contributed by atoms with van der Waals surface area (Å²) in [7, 11) is 0. The van der Waals surface area contributed by atoms with Crippen molar-refractivity contribution in [2.75, 3.05) is 4.90 Å². The Bertz CT molecular complexity index is 419. The summed E-state index contributed by atoms with van der Waals surface area (Å²) in [5.74, 6) is 0. The standard InChI is InChI=1S/C15H22ClNO/c1-4-13-7-5-10(2)17(13)15-8-6-12(11(3)18)9-14(15)16/h6,8-11,13,18H,4-5,7H2,1-3H3/t10?,11-,13?/m1/s1. The highest BCUT2D eigenvalue weighted by atomic mass is 35.5. The van der Waals surface area contributed by atoms with E-state index in [2.05, 4.69) is 24.8 Å². The molecule has 1 fully saturated rings. The van der Waals surface area contributed by atoms with Crippen LogP contribution in [0.2, 0.25) is 5.02 Å². The second-order valence-corrected chi connectivity index (χ2v) is 5.69. The average molecular weight is 268 g/mol. The van der Waals surface area contributed by atoms with Gasteiger partial charge in [0.15, 0.2) is 0 Å². The zero-order valence-corrected chi connectivity index (χ0v) is 12.1. The van der Waals surface area contributed by atoms with Crippen LogP contribution in [0.25, 0.3) is 0 Å². The molecule has 18 heavy (non-hydrogen) atoms. The van der Waals surface area contributed by atoms with Crippen LogP contribution in [0.1, 0.15) is 51.7 Å². The molecule has 1 aliphatic rings. The Balaban J connectivity index is 2.33. The van der Waals surface area contributed by atoms with Gasteiger partial charge in [-0.2, -0.15) is 0 Å². The number of halogens is 1. The van der Waals surface area contributed by atoms with Gasteiger partial charge < -0.3 is 10.0 Å². The first kappa shape index (κ1) is 13.7. The molecule has 1 heterocycles. The summed E-state index contributed by atoms with van der Waals surface area (Å²) in [6.45, 7) is 6.25. The summed E-state index contributed by atoms with van der Waals surface area (Å²) < 4.78 is 0. The smallest absolute Gasteiger partial charge is 0.0762 e. The molecule has 1 aromatic carbocycles. The third-order valence-corrected chi connectivity index (χ3v) is 4.29. The number of nitrogens with zero attached hydrogens (tertiary/aromatic N) is 1. The van der Waals surface area contributed by atoms with Crippen LogP contribution in [0.3, 0.4) is 0 Å². The van der Waals surface area contributed by atoms with Crippen LogP contribution in [-0.2, 0) is 0 Å². The first-order valence-electron chi connectivity index (χ1n) is 6.80. The van der Waals surface area contributed by atoms with Crippen molar-refractivity contribution >= 4 is 17.3 Å². The largest absolute Gasteiger partial charge is 0.389 e. The third-order valence-electron chi connectivity index (χ3n) is 3.99. The van der Waals surface area contributed by atoms with E-state index in [1.165, 1.54) is 12.8 Å². The van der Waals surface area contributed by atoms with Gasteiger partial charge >= 0.3 is 0 Å². The highest BCUT2D eigenvalue weighted by Crippen LogP contribution is 2.37. The molecule has 0 aliphatic carbocycles. The highest BCUT2D eigenvalue weighted by molar-refractivity contribution is 6.33. The number of hydrogen-bond acceptors (Lipinski definition) is 2. The second-order valence-electron chi connectivity index (χ2n) is 5.28. The molecule has 1 N–H and O–H groups in total. The Kier molecular flexibility index (Phi) is 4.18. The molecule has 0 amide bonds. The van der Waals surface area contributed by atoms with Gasteiger partial charge in [-0.3, -0.25) is 0 Å². The summed E-state index contributed by atoms with van der Waals surface area (Å²) in [4.78, 5) is 2.44. The van der Waals surface area contributed by atoms with Gasteiger partial charge in [0.25, 0.3) is 0 Å². The highest BCUT2D eigenvalue weighted by Gasteiger charge is 2.30. The van der Waals surface area contributed by atoms with E-state index in [-0.39, 0.29) is 0 Å². The Morgan fingerprint density at radius 1 is 1.44 bits per heavy atom. The van der Waals surface area contributed by atoms with Gasteiger partial charge in [0, 0.05) is 12.1 Å². The summed E-state index contributed by atoms with van der Waals surface area (Å²) in [5.41, 5.74) is 1.99. The van der Waals surface area contributed by atoms with Crippen LogP contribution in [-0.4, -0.2) is 17.2 Å². The van der Waals surface area contributed by atoms with E-state index in [0.717, 1.165) is 22.7 Å². The summed E-state index contributed by atoms with van der Waals surface area (Å²) in [5, 5.41) is 10.3. The summed E-state index contributed by atoms with van der Waals surface area (Å²) in [6.07, 6.45) is 3.16. The SMILES string of the molecule is CCC1CCC(C)N1c1ccc([C@@H](C)O)cc1Cl. The number of rotatable bonds is 3. The molecule has 0 aromatic heterocycles. The van der Waals surface area contributed by atoms with Crippen LogP contribution in [0.5, 0.6) is 0 Å². The lowest BCUT2D eigenvalue weighted by molar-refractivity contribution is 0.199. The molecule has 3 atom stereocenters. The molecule has 1 saturated heterocycles. The zero-order valence-electron chi connectivity index (χ0n) is 11.4. The lowest BCUT2D eigenvalue weighted by Gasteiger charge is -2.31. The number of benzene rings is 1. The number of aliphatic hydroxyl groups excluding tert-OH is 1. The topological polar surface area (TPSA) is 23.5 Å². The van der Waals surface area contributed by atoms with Crippen LogP contribution >= 0.6 is 11.6 Å². The molecule has 0 spiro atoms. The summed E-state index contributed by atoms with van der Waals surface area (Å²) >= 11 is 6.39. The Hall–Kier alpha value is -0.730. The Morgan fingerprint density at radius 3 is 2.72 bits per heavy atom. The fourth-order valence-electron chi connectivity index (χ4n) is 2.90. The van der Waals surface area contributed by atoms with E-state index in [1.807, 2.05) is 12.1 Å². The minimum Gasteiger partial charge on any atom is -0.389 e. The monoisotopic (exact) mass is 267 g/mol. The van der Waals surface area contributed by atoms with Crippen LogP contribution in [0.4, 0.5) is 5.69 Å². The van der Waals surface area contributed by atoms with Crippen molar-refractivity contribution in [2.24, 2.45) is 0 Å². The maximum absolute atomic E-state index is 9.58. The van der Waals surface area contributed by atoms with Crippen LogP contribution < -0.4 is 4.90 Å². The maximum atomic E-state index is 9.58. The average Bonchev–Trinajstić information content (AvgIpc) is 2.70. The summed E-state index contributed by atoms with van der Waals surface area (Å²) in [6, 6.07) is 7.05. The minimum absolute atomic E-state index is 0.463. The van der Waals surface area contributed by atoms with Crippen LogP contribution in [0.15, 0.2) is 18.2 Å². The fourth-order valence-corrected chi connectivity index (χ4v) is 3.19. The van der Waals surface area contributed by atoms with E-state index < -0.39 is 6.10 Å². The Labute approximate surface area is 115 Å². The van der Waals surface area contributed by atoms with E-state index in [1.54, 1.807) is 6.92 Å². The molecule has 0 radical (unpaired) electrons. The predicted octanol–water partition coefficient (Wildman–Crippen LogP) is 4.16. The second kappa shape index (κ2) is 5.50. The van der Waals surface area contributed by atoms with Gasteiger partial charge in [-0.25, -0.2) is 0 Å². The predicted molar refractivity (Wildman–Crippen MR) is 77.3 cm³/mol. The van der Waals surface area contributed by atoms with Gasteiger partial charge in [-0.1, -0.05) is 24.6 Å². The van der Waals surface area contributed by atoms with Gasteiger partial charge in [0.1, 0.15) is 0 Å². The molecule has 0 bridgehead atoms. The lowest BCUT2D eigenvalue weighted by Crippen LogP contribution is -2.34. The number of hydrogen-bond donors (Lipinski definition) is 1. The lowest BCUT2D eigenvalue weighted by atomic mass is 10.1. The van der Waals surface area contributed by atoms with E-state index in [0.29, 0.717) is 12.1 Å². The van der Waals surface area contributed by atoms with Gasteiger partial charge in [-0.05, 0) is 50.8 Å². The quantitative estimate of drug-likeness (QED) is 0.889. The number of aliphatic hydroxyl groups is 1. The van der Waals surface area contributed by atoms with Crippen molar-refractivity contribution < 1.29 is 5.11 Å². The molecule has 2 rings (SSSR count). The number of anilines is 1. The van der Waals surface area contributed by atoms with Crippen molar-refractivity contribution in [3.8, 4) is 0 Å². The third kappa shape index (κ3) is 2.50. The Morgan fingerprint density at radius 2 is 2.17 bits per heavy atom. The molecule has 2 unspecified atom stereocenters. The van der Waals surface area contributed by atoms with Crippen molar-refractivity contribution in [3.63, 3.8) is 0 Å². The fraction of sp³-hybridized carbons (Fsp3) is 0.600. The van der Waals surface area contributed by atoms with Gasteiger partial charge in [-0.15, -0.1) is 0 Å². The minimum atomic E-state index is -0.463. The molecule has 2 nitrogen and oxygen atoms in total. The molecule has 3 heteroatoms. The molecular formula is C15H22ClNO. The van der Waals surface area contributed by atoms with E-state index in [4.69, 9.17) is 11.6 Å². The molecule has 100 valence electrons. The van der Waals surface area contributed by atoms with Crippen molar-refractivity contribution in [1.82, 2.24) is 0 Å². The van der Waals surface area contributed by atoms with Gasteiger partial charge in [0.2, 0.25) is 0 Å². The molecule has 1 aromatic rings. The normalized spacial score (nSPS) is 25.5. The first-order chi connectivity index (χ1) is 8.54.